The van der Waals surface area contributed by atoms with Crippen LogP contribution in [0.1, 0.15) is 74.5 Å². The number of phenols is 1. The van der Waals surface area contributed by atoms with Crippen LogP contribution in [-0.2, 0) is 30.9 Å². The molecule has 1 fully saturated rings. The number of carbonyl (C=O) groups is 3. The number of rotatable bonds is 3. The third-order valence-corrected chi connectivity index (χ3v) is 7.57. The highest BCUT2D eigenvalue weighted by atomic mass is 16.6. The van der Waals surface area contributed by atoms with Crippen LogP contribution in [0.15, 0.2) is 6.07 Å². The molecule has 4 atom stereocenters. The fourth-order valence-corrected chi connectivity index (χ4v) is 5.77. The Kier molecular flexibility index (Phi) is 5.26. The Balaban J connectivity index is 2.30. The van der Waals surface area contributed by atoms with E-state index in [1.807, 2.05) is 20.8 Å². The summed E-state index contributed by atoms with van der Waals surface area (Å²) < 4.78 is 11.2. The first-order valence-electron chi connectivity index (χ1n) is 10.2. The molecule has 4 unspecified atom stereocenters. The maximum absolute atomic E-state index is 12.2. The third-order valence-electron chi connectivity index (χ3n) is 7.57. The largest absolute Gasteiger partial charge is 0.507 e. The molecule has 2 aliphatic rings. The van der Waals surface area contributed by atoms with E-state index in [4.69, 9.17) is 9.47 Å². The Labute approximate surface area is 176 Å². The van der Waals surface area contributed by atoms with Crippen LogP contribution in [0.4, 0.5) is 0 Å². The fraction of sp³-hybridized carbons (Fsp3) is 0.609. The Morgan fingerprint density at radius 2 is 1.70 bits per heavy atom. The van der Waals surface area contributed by atoms with Gasteiger partial charge in [-0.05, 0) is 49.4 Å². The number of hydrogen-bond donors (Lipinski definition) is 2. The number of hydrogen-bond acceptors (Lipinski definition) is 7. The van der Waals surface area contributed by atoms with Crippen LogP contribution in [0.2, 0.25) is 0 Å². The van der Waals surface area contributed by atoms with Crippen molar-refractivity contribution in [2.75, 3.05) is 0 Å². The van der Waals surface area contributed by atoms with Gasteiger partial charge in [0.25, 0.3) is 0 Å². The standard InChI is InChI=1S/C23H30O7/c1-12-15-7-8-23(28)21(4,5)19(29-13(2)25)10-20(30-14(3)26)22(23,6)17(15)9-18(27)16(12)11-24/h9,11,19-20,27-28H,7-8,10H2,1-6H3. The van der Waals surface area contributed by atoms with Crippen molar-refractivity contribution >= 4 is 18.2 Å². The lowest BCUT2D eigenvalue weighted by Crippen LogP contribution is -2.73. The predicted octanol–water partition coefficient (Wildman–Crippen LogP) is 2.74. The van der Waals surface area contributed by atoms with Gasteiger partial charge in [-0.3, -0.25) is 14.4 Å². The molecule has 1 aromatic carbocycles. The normalized spacial score (nSPS) is 31.8. The van der Waals surface area contributed by atoms with Gasteiger partial charge in [-0.1, -0.05) is 13.8 Å². The summed E-state index contributed by atoms with van der Waals surface area (Å²) in [6, 6.07) is 1.51. The van der Waals surface area contributed by atoms with Crippen molar-refractivity contribution in [3.05, 3.63) is 28.3 Å². The summed E-state index contributed by atoms with van der Waals surface area (Å²) >= 11 is 0. The SMILES string of the molecule is CC(=O)OC1CC(OC(C)=O)C2(C)c3cc(O)c(C=O)c(C)c3CCC2(O)C1(C)C. The molecule has 7 heteroatoms. The molecule has 0 spiro atoms. The minimum absolute atomic E-state index is 0.173. The molecular formula is C23H30O7. The van der Waals surface area contributed by atoms with Gasteiger partial charge in [0.15, 0.2) is 6.29 Å². The summed E-state index contributed by atoms with van der Waals surface area (Å²) in [5.41, 5.74) is -0.972. The Morgan fingerprint density at radius 3 is 2.23 bits per heavy atom. The second kappa shape index (κ2) is 7.08. The van der Waals surface area contributed by atoms with Gasteiger partial charge in [-0.2, -0.15) is 0 Å². The van der Waals surface area contributed by atoms with Gasteiger partial charge in [0, 0.05) is 25.7 Å². The third kappa shape index (κ3) is 2.86. The fourth-order valence-electron chi connectivity index (χ4n) is 5.77. The molecule has 2 aliphatic carbocycles. The summed E-state index contributed by atoms with van der Waals surface area (Å²) in [4.78, 5) is 35.2. The van der Waals surface area contributed by atoms with E-state index in [2.05, 4.69) is 0 Å². The molecule has 0 amide bonds. The average Bonchev–Trinajstić information content (AvgIpc) is 2.62. The van der Waals surface area contributed by atoms with Gasteiger partial charge in [-0.25, -0.2) is 0 Å². The summed E-state index contributed by atoms with van der Waals surface area (Å²) in [6.45, 7) is 9.90. The monoisotopic (exact) mass is 418 g/mol. The molecule has 0 saturated heterocycles. The number of esters is 2. The van der Waals surface area contributed by atoms with Gasteiger partial charge in [0.05, 0.1) is 16.6 Å². The zero-order valence-corrected chi connectivity index (χ0v) is 18.4. The number of phenolic OH excluding ortho intramolecular Hbond substituents is 1. The first-order chi connectivity index (χ1) is 13.8. The summed E-state index contributed by atoms with van der Waals surface area (Å²) in [6.07, 6.45) is 0.166. The summed E-state index contributed by atoms with van der Waals surface area (Å²) in [7, 11) is 0. The van der Waals surface area contributed by atoms with Crippen molar-refractivity contribution in [3.8, 4) is 5.75 Å². The van der Waals surface area contributed by atoms with E-state index in [0.29, 0.717) is 30.3 Å². The number of carbonyl (C=O) groups excluding carboxylic acids is 3. The molecule has 0 heterocycles. The Morgan fingerprint density at radius 1 is 1.13 bits per heavy atom. The Hall–Kier alpha value is -2.41. The molecule has 2 N–H and O–H groups in total. The first-order valence-corrected chi connectivity index (χ1v) is 10.2. The lowest BCUT2D eigenvalue weighted by atomic mass is 9.45. The molecule has 0 aliphatic heterocycles. The number of aromatic hydroxyl groups is 1. The van der Waals surface area contributed by atoms with Crippen molar-refractivity contribution in [2.24, 2.45) is 5.41 Å². The Bertz CT molecular complexity index is 919. The zero-order valence-electron chi connectivity index (χ0n) is 18.4. The van der Waals surface area contributed by atoms with Gasteiger partial charge in [0.2, 0.25) is 0 Å². The van der Waals surface area contributed by atoms with Gasteiger partial charge < -0.3 is 19.7 Å². The van der Waals surface area contributed by atoms with E-state index in [1.54, 1.807) is 6.92 Å². The number of fused-ring (bicyclic) bond motifs is 3. The van der Waals surface area contributed by atoms with E-state index < -0.39 is 40.6 Å². The highest BCUT2D eigenvalue weighted by molar-refractivity contribution is 5.83. The summed E-state index contributed by atoms with van der Waals surface area (Å²) in [5, 5.41) is 22.7. The van der Waals surface area contributed by atoms with Crippen LogP contribution in [0.5, 0.6) is 5.75 Å². The molecule has 0 bridgehead atoms. The lowest BCUT2D eigenvalue weighted by molar-refractivity contribution is -0.247. The molecular weight excluding hydrogens is 388 g/mol. The molecule has 164 valence electrons. The van der Waals surface area contributed by atoms with Crippen LogP contribution in [0.3, 0.4) is 0 Å². The predicted molar refractivity (Wildman–Crippen MR) is 108 cm³/mol. The molecule has 0 aromatic heterocycles. The number of benzene rings is 1. The topological polar surface area (TPSA) is 110 Å². The van der Waals surface area contributed by atoms with Crippen molar-refractivity contribution in [3.63, 3.8) is 0 Å². The zero-order chi connectivity index (χ0) is 22.6. The smallest absolute Gasteiger partial charge is 0.302 e. The summed E-state index contributed by atoms with van der Waals surface area (Å²) in [5.74, 6) is -1.15. The second-order valence-electron chi connectivity index (χ2n) is 9.29. The van der Waals surface area contributed by atoms with Crippen LogP contribution in [-0.4, -0.2) is 46.2 Å². The second-order valence-corrected chi connectivity index (χ2v) is 9.29. The molecule has 7 nitrogen and oxygen atoms in total. The average molecular weight is 418 g/mol. The van der Waals surface area contributed by atoms with Gasteiger partial charge in [0.1, 0.15) is 18.0 Å². The molecule has 0 radical (unpaired) electrons. The quantitative estimate of drug-likeness (QED) is 0.574. The molecule has 30 heavy (non-hydrogen) atoms. The van der Waals surface area contributed by atoms with Gasteiger partial charge in [-0.15, -0.1) is 0 Å². The molecule has 1 aromatic rings. The van der Waals surface area contributed by atoms with E-state index in [0.717, 1.165) is 5.56 Å². The molecule has 1 saturated carbocycles. The van der Waals surface area contributed by atoms with Crippen LogP contribution in [0.25, 0.3) is 0 Å². The van der Waals surface area contributed by atoms with E-state index in [1.165, 1.54) is 19.9 Å². The van der Waals surface area contributed by atoms with E-state index in [9.17, 15) is 24.6 Å². The van der Waals surface area contributed by atoms with Crippen LogP contribution >= 0.6 is 0 Å². The van der Waals surface area contributed by atoms with E-state index >= 15 is 0 Å². The van der Waals surface area contributed by atoms with Crippen molar-refractivity contribution in [1.29, 1.82) is 0 Å². The van der Waals surface area contributed by atoms with Crippen molar-refractivity contribution in [1.82, 2.24) is 0 Å². The number of ether oxygens (including phenoxy) is 2. The minimum atomic E-state index is -1.41. The number of aliphatic hydroxyl groups is 1. The lowest BCUT2D eigenvalue weighted by Gasteiger charge is -2.64. The molecule has 3 rings (SSSR count). The van der Waals surface area contributed by atoms with Gasteiger partial charge >= 0.3 is 11.9 Å². The van der Waals surface area contributed by atoms with Crippen molar-refractivity contribution in [2.45, 2.75) is 84.0 Å². The van der Waals surface area contributed by atoms with Crippen LogP contribution in [0, 0.1) is 12.3 Å². The maximum atomic E-state index is 12.2. The van der Waals surface area contributed by atoms with E-state index in [-0.39, 0.29) is 17.7 Å². The maximum Gasteiger partial charge on any atom is 0.302 e. The van der Waals surface area contributed by atoms with Crippen LogP contribution < -0.4 is 0 Å². The highest BCUT2D eigenvalue weighted by Crippen LogP contribution is 2.61. The van der Waals surface area contributed by atoms with Crippen molar-refractivity contribution < 1.29 is 34.1 Å². The minimum Gasteiger partial charge on any atom is -0.507 e. The number of aldehydes is 1. The highest BCUT2D eigenvalue weighted by Gasteiger charge is 2.69. The first kappa shape index (κ1) is 22.3.